The molecule has 2 fully saturated rings. The van der Waals surface area contributed by atoms with Crippen LogP contribution in [-0.2, 0) is 9.47 Å². The van der Waals surface area contributed by atoms with Crippen molar-refractivity contribution in [3.8, 4) is 0 Å². The zero-order chi connectivity index (χ0) is 6.32. The maximum Gasteiger partial charge on any atom is 0.0965 e. The van der Waals surface area contributed by atoms with Crippen molar-refractivity contribution < 1.29 is 9.47 Å². The molecule has 1 aliphatic heterocycles. The lowest BCUT2D eigenvalue weighted by atomic mass is 9.83. The van der Waals surface area contributed by atoms with Gasteiger partial charge in [-0.1, -0.05) is 0 Å². The summed E-state index contributed by atoms with van der Waals surface area (Å²) in [7, 11) is 0. The summed E-state index contributed by atoms with van der Waals surface area (Å²) in [5, 5.41) is 0. The van der Waals surface area contributed by atoms with E-state index in [0.29, 0.717) is 11.7 Å². The highest BCUT2D eigenvalue weighted by Gasteiger charge is 2.55. The predicted octanol–water partition coefficient (Wildman–Crippen LogP) is 0.954. The van der Waals surface area contributed by atoms with Gasteiger partial charge in [-0.2, -0.15) is 0 Å². The van der Waals surface area contributed by atoms with Gasteiger partial charge in [-0.15, -0.1) is 0 Å². The van der Waals surface area contributed by atoms with E-state index in [1.807, 2.05) is 6.92 Å². The van der Waals surface area contributed by atoms with Crippen molar-refractivity contribution >= 4 is 0 Å². The molecule has 0 bridgehead atoms. The molecular weight excluding hydrogens is 116 g/mol. The van der Waals surface area contributed by atoms with Crippen LogP contribution < -0.4 is 0 Å². The van der Waals surface area contributed by atoms with Crippen molar-refractivity contribution in [1.82, 2.24) is 0 Å². The highest BCUT2D eigenvalue weighted by Crippen LogP contribution is 2.47. The molecule has 0 unspecified atom stereocenters. The minimum absolute atomic E-state index is 0.319. The van der Waals surface area contributed by atoms with Gasteiger partial charge in [0.1, 0.15) is 0 Å². The van der Waals surface area contributed by atoms with Gasteiger partial charge in [-0.25, -0.2) is 0 Å². The normalized spacial score (nSPS) is 47.0. The van der Waals surface area contributed by atoms with Gasteiger partial charge in [0.05, 0.1) is 18.3 Å². The first kappa shape index (κ1) is 5.69. The summed E-state index contributed by atoms with van der Waals surface area (Å²) in [5.74, 6) is 0. The van der Waals surface area contributed by atoms with Gasteiger partial charge < -0.3 is 9.47 Å². The summed E-state index contributed by atoms with van der Waals surface area (Å²) in [6.07, 6.45) is 2.79. The highest BCUT2D eigenvalue weighted by molar-refractivity contribution is 5.05. The Morgan fingerprint density at radius 1 is 1.67 bits per heavy atom. The standard InChI is InChI=1S/C7H12O2/c1-2-8-6-3-7(4-6)5-9-7/h6H,2-5H2,1H3. The van der Waals surface area contributed by atoms with Gasteiger partial charge in [-0.05, 0) is 6.92 Å². The molecule has 1 saturated carbocycles. The van der Waals surface area contributed by atoms with E-state index >= 15 is 0 Å². The van der Waals surface area contributed by atoms with Crippen LogP contribution >= 0.6 is 0 Å². The number of ether oxygens (including phenoxy) is 2. The third-order valence-corrected chi connectivity index (χ3v) is 2.15. The number of rotatable bonds is 2. The third-order valence-electron chi connectivity index (χ3n) is 2.15. The van der Waals surface area contributed by atoms with Crippen LogP contribution in [0.5, 0.6) is 0 Å². The van der Waals surface area contributed by atoms with Crippen LogP contribution in [0.15, 0.2) is 0 Å². The molecule has 2 heteroatoms. The molecule has 0 N–H and O–H groups in total. The molecule has 2 aliphatic rings. The third kappa shape index (κ3) is 0.864. The van der Waals surface area contributed by atoms with Gasteiger partial charge in [0, 0.05) is 19.4 Å². The summed E-state index contributed by atoms with van der Waals surface area (Å²) in [6.45, 7) is 3.87. The fourth-order valence-corrected chi connectivity index (χ4v) is 1.46. The zero-order valence-electron chi connectivity index (χ0n) is 5.72. The first-order chi connectivity index (χ1) is 4.35. The second-order valence-corrected chi connectivity index (χ2v) is 2.96. The van der Waals surface area contributed by atoms with Gasteiger partial charge in [-0.3, -0.25) is 0 Å². The van der Waals surface area contributed by atoms with E-state index in [-0.39, 0.29) is 0 Å². The van der Waals surface area contributed by atoms with Crippen LogP contribution in [0.3, 0.4) is 0 Å². The molecule has 0 aromatic heterocycles. The van der Waals surface area contributed by atoms with Crippen molar-refractivity contribution in [1.29, 1.82) is 0 Å². The van der Waals surface area contributed by atoms with E-state index in [2.05, 4.69) is 0 Å². The van der Waals surface area contributed by atoms with Crippen molar-refractivity contribution in [2.24, 2.45) is 0 Å². The van der Waals surface area contributed by atoms with Gasteiger partial charge in [0.25, 0.3) is 0 Å². The van der Waals surface area contributed by atoms with E-state index < -0.39 is 0 Å². The predicted molar refractivity (Wildman–Crippen MR) is 33.3 cm³/mol. The molecule has 1 saturated heterocycles. The fourth-order valence-electron chi connectivity index (χ4n) is 1.46. The molecule has 1 spiro atoms. The molecule has 2 nitrogen and oxygen atoms in total. The average molecular weight is 128 g/mol. The summed E-state index contributed by atoms with van der Waals surface area (Å²) < 4.78 is 10.6. The first-order valence-electron chi connectivity index (χ1n) is 3.60. The molecule has 1 aliphatic carbocycles. The van der Waals surface area contributed by atoms with E-state index in [1.165, 1.54) is 0 Å². The Balaban J connectivity index is 1.71. The summed E-state index contributed by atoms with van der Waals surface area (Å²) in [6, 6.07) is 0. The van der Waals surface area contributed by atoms with Crippen molar-refractivity contribution in [3.63, 3.8) is 0 Å². The minimum atomic E-state index is 0.319. The molecule has 0 radical (unpaired) electrons. The van der Waals surface area contributed by atoms with E-state index in [9.17, 15) is 0 Å². The molecular formula is C7H12O2. The maximum atomic E-state index is 5.37. The zero-order valence-corrected chi connectivity index (χ0v) is 5.72. The van der Waals surface area contributed by atoms with Crippen LogP contribution in [0.2, 0.25) is 0 Å². The van der Waals surface area contributed by atoms with Crippen LogP contribution in [0.1, 0.15) is 19.8 Å². The van der Waals surface area contributed by atoms with Crippen LogP contribution in [0.25, 0.3) is 0 Å². The average Bonchev–Trinajstić information content (AvgIpc) is 2.45. The SMILES string of the molecule is CCOC1CC2(CO2)C1. The summed E-state index contributed by atoms with van der Waals surface area (Å²) in [5.41, 5.74) is 0.319. The lowest BCUT2D eigenvalue weighted by molar-refractivity contribution is -0.0378. The van der Waals surface area contributed by atoms with Crippen LogP contribution in [0.4, 0.5) is 0 Å². The molecule has 0 aromatic carbocycles. The lowest BCUT2D eigenvalue weighted by Gasteiger charge is -2.32. The van der Waals surface area contributed by atoms with E-state index in [0.717, 1.165) is 26.1 Å². The fraction of sp³-hybridized carbons (Fsp3) is 1.00. The van der Waals surface area contributed by atoms with E-state index in [4.69, 9.17) is 9.47 Å². The Hall–Kier alpha value is -0.0800. The topological polar surface area (TPSA) is 21.8 Å². The van der Waals surface area contributed by atoms with Crippen molar-refractivity contribution in [2.75, 3.05) is 13.2 Å². The number of epoxide rings is 1. The molecule has 0 aromatic rings. The summed E-state index contributed by atoms with van der Waals surface area (Å²) >= 11 is 0. The largest absolute Gasteiger partial charge is 0.378 e. The molecule has 52 valence electrons. The smallest absolute Gasteiger partial charge is 0.0965 e. The summed E-state index contributed by atoms with van der Waals surface area (Å²) in [4.78, 5) is 0. The molecule has 2 rings (SSSR count). The second-order valence-electron chi connectivity index (χ2n) is 2.96. The minimum Gasteiger partial charge on any atom is -0.378 e. The molecule has 0 atom stereocenters. The number of hydrogen-bond donors (Lipinski definition) is 0. The van der Waals surface area contributed by atoms with Gasteiger partial charge >= 0.3 is 0 Å². The monoisotopic (exact) mass is 128 g/mol. The Kier molecular flexibility index (Phi) is 1.08. The molecule has 0 amide bonds. The Labute approximate surface area is 55.1 Å². The van der Waals surface area contributed by atoms with Gasteiger partial charge in [0.2, 0.25) is 0 Å². The van der Waals surface area contributed by atoms with E-state index in [1.54, 1.807) is 0 Å². The van der Waals surface area contributed by atoms with Crippen molar-refractivity contribution in [3.05, 3.63) is 0 Å². The highest BCUT2D eigenvalue weighted by atomic mass is 16.6. The van der Waals surface area contributed by atoms with Crippen LogP contribution in [0, 0.1) is 0 Å². The first-order valence-corrected chi connectivity index (χ1v) is 3.60. The lowest BCUT2D eigenvalue weighted by Crippen LogP contribution is -2.38. The van der Waals surface area contributed by atoms with Crippen molar-refractivity contribution in [2.45, 2.75) is 31.5 Å². The quantitative estimate of drug-likeness (QED) is 0.516. The second kappa shape index (κ2) is 1.70. The number of hydrogen-bond acceptors (Lipinski definition) is 2. The Morgan fingerprint density at radius 3 is 2.78 bits per heavy atom. The molecule has 9 heavy (non-hydrogen) atoms. The Morgan fingerprint density at radius 2 is 2.33 bits per heavy atom. The van der Waals surface area contributed by atoms with Gasteiger partial charge in [0.15, 0.2) is 0 Å². The molecule has 1 heterocycles. The van der Waals surface area contributed by atoms with Crippen LogP contribution in [-0.4, -0.2) is 24.9 Å². The Bertz CT molecular complexity index is 110. The maximum absolute atomic E-state index is 5.37.